The Kier molecular flexibility index (Phi) is 4.99. The first-order valence-corrected chi connectivity index (χ1v) is 5.36. The zero-order chi connectivity index (χ0) is 7.94. The maximum Gasteiger partial charge on any atom is 0.0552 e. The van der Waals surface area contributed by atoms with E-state index in [1.807, 2.05) is 11.8 Å². The molecule has 1 N–H and O–H groups in total. The molecule has 0 aromatic carbocycles. The second-order valence-electron chi connectivity index (χ2n) is 2.93. The minimum Gasteiger partial charge on any atom is -0.384 e. The van der Waals surface area contributed by atoms with Crippen molar-refractivity contribution in [3.05, 3.63) is 0 Å². The van der Waals surface area contributed by atoms with Gasteiger partial charge in [-0.2, -0.15) is 11.8 Å². The van der Waals surface area contributed by atoms with Gasteiger partial charge in [-0.3, -0.25) is 0 Å². The van der Waals surface area contributed by atoms with Gasteiger partial charge in [0, 0.05) is 12.9 Å². The largest absolute Gasteiger partial charge is 0.384 e. The Hall–Kier alpha value is 0.270. The SMILES string of the molecule is COCCSCC1CCNC1. The number of methoxy groups -OCH3 is 1. The summed E-state index contributed by atoms with van der Waals surface area (Å²) in [4.78, 5) is 0. The Balaban J connectivity index is 1.86. The van der Waals surface area contributed by atoms with Gasteiger partial charge in [0.25, 0.3) is 0 Å². The van der Waals surface area contributed by atoms with Crippen molar-refractivity contribution in [2.75, 3.05) is 38.3 Å². The molecule has 0 aromatic heterocycles. The molecule has 1 atom stereocenters. The molecule has 11 heavy (non-hydrogen) atoms. The third kappa shape index (κ3) is 3.99. The van der Waals surface area contributed by atoms with Crippen LogP contribution in [0, 0.1) is 5.92 Å². The summed E-state index contributed by atoms with van der Waals surface area (Å²) in [5.74, 6) is 3.36. The summed E-state index contributed by atoms with van der Waals surface area (Å²) in [5.41, 5.74) is 0. The van der Waals surface area contributed by atoms with Crippen molar-refractivity contribution < 1.29 is 4.74 Å². The third-order valence-corrected chi connectivity index (χ3v) is 3.11. The number of nitrogens with one attached hydrogen (secondary N) is 1. The quantitative estimate of drug-likeness (QED) is 0.629. The molecular weight excluding hydrogens is 158 g/mol. The number of ether oxygens (including phenoxy) is 1. The molecular formula is C8H17NOS. The van der Waals surface area contributed by atoms with E-state index >= 15 is 0 Å². The fourth-order valence-electron chi connectivity index (χ4n) is 1.25. The van der Waals surface area contributed by atoms with Crippen LogP contribution in [-0.4, -0.2) is 38.3 Å². The van der Waals surface area contributed by atoms with Gasteiger partial charge >= 0.3 is 0 Å². The minimum absolute atomic E-state index is 0.894. The fraction of sp³-hybridized carbons (Fsp3) is 1.00. The summed E-state index contributed by atoms with van der Waals surface area (Å²) in [6, 6.07) is 0. The molecule has 1 rings (SSSR count). The van der Waals surface area contributed by atoms with E-state index in [1.54, 1.807) is 7.11 Å². The van der Waals surface area contributed by atoms with Crippen molar-refractivity contribution in [1.82, 2.24) is 5.32 Å². The van der Waals surface area contributed by atoms with E-state index in [2.05, 4.69) is 5.32 Å². The topological polar surface area (TPSA) is 21.3 Å². The Labute approximate surface area is 73.1 Å². The maximum atomic E-state index is 4.97. The van der Waals surface area contributed by atoms with Gasteiger partial charge in [-0.15, -0.1) is 0 Å². The van der Waals surface area contributed by atoms with Crippen LogP contribution in [0.2, 0.25) is 0 Å². The average Bonchev–Trinajstić information content (AvgIpc) is 2.50. The van der Waals surface area contributed by atoms with Crippen LogP contribution in [0.25, 0.3) is 0 Å². The molecule has 1 aliphatic heterocycles. The lowest BCUT2D eigenvalue weighted by Gasteiger charge is -2.06. The molecule has 3 heteroatoms. The molecule has 0 bridgehead atoms. The predicted octanol–water partition coefficient (Wildman–Crippen LogP) is 0.976. The van der Waals surface area contributed by atoms with Gasteiger partial charge in [0.2, 0.25) is 0 Å². The second-order valence-corrected chi connectivity index (χ2v) is 4.08. The van der Waals surface area contributed by atoms with E-state index in [0.29, 0.717) is 0 Å². The lowest BCUT2D eigenvalue weighted by atomic mass is 10.2. The Morgan fingerprint density at radius 2 is 2.55 bits per heavy atom. The van der Waals surface area contributed by atoms with Gasteiger partial charge in [-0.1, -0.05) is 0 Å². The van der Waals surface area contributed by atoms with Crippen LogP contribution in [0.1, 0.15) is 6.42 Å². The van der Waals surface area contributed by atoms with Crippen LogP contribution in [0.5, 0.6) is 0 Å². The monoisotopic (exact) mass is 175 g/mol. The smallest absolute Gasteiger partial charge is 0.0552 e. The molecule has 0 saturated carbocycles. The Morgan fingerprint density at radius 3 is 3.18 bits per heavy atom. The van der Waals surface area contributed by atoms with E-state index in [9.17, 15) is 0 Å². The molecule has 66 valence electrons. The summed E-state index contributed by atoms with van der Waals surface area (Å²) < 4.78 is 4.97. The number of thioether (sulfide) groups is 1. The zero-order valence-electron chi connectivity index (χ0n) is 7.14. The highest BCUT2D eigenvalue weighted by Gasteiger charge is 2.13. The summed E-state index contributed by atoms with van der Waals surface area (Å²) in [6.07, 6.45) is 1.36. The van der Waals surface area contributed by atoms with Crippen LogP contribution >= 0.6 is 11.8 Å². The zero-order valence-corrected chi connectivity index (χ0v) is 7.95. The minimum atomic E-state index is 0.894. The van der Waals surface area contributed by atoms with Crippen molar-refractivity contribution in [1.29, 1.82) is 0 Å². The normalized spacial score (nSPS) is 24.3. The average molecular weight is 175 g/mol. The molecule has 0 radical (unpaired) electrons. The highest BCUT2D eigenvalue weighted by atomic mass is 32.2. The first-order chi connectivity index (χ1) is 5.43. The van der Waals surface area contributed by atoms with Crippen LogP contribution < -0.4 is 5.32 Å². The molecule has 2 nitrogen and oxygen atoms in total. The van der Waals surface area contributed by atoms with Crippen molar-refractivity contribution in [3.8, 4) is 0 Å². The molecule has 0 amide bonds. The summed E-state index contributed by atoms with van der Waals surface area (Å²) in [5, 5.41) is 3.37. The van der Waals surface area contributed by atoms with E-state index in [0.717, 1.165) is 18.3 Å². The van der Waals surface area contributed by atoms with Crippen LogP contribution in [0.3, 0.4) is 0 Å². The van der Waals surface area contributed by atoms with Crippen LogP contribution in [0.15, 0.2) is 0 Å². The number of rotatable bonds is 5. The van der Waals surface area contributed by atoms with Gasteiger partial charge in [-0.05, 0) is 31.2 Å². The molecule has 0 spiro atoms. The molecule has 1 aliphatic rings. The highest BCUT2D eigenvalue weighted by Crippen LogP contribution is 2.14. The summed E-state index contributed by atoms with van der Waals surface area (Å²) in [6.45, 7) is 3.33. The Bertz CT molecular complexity index is 94.1. The Morgan fingerprint density at radius 1 is 1.64 bits per heavy atom. The van der Waals surface area contributed by atoms with E-state index < -0.39 is 0 Å². The molecule has 1 unspecified atom stereocenters. The fourth-order valence-corrected chi connectivity index (χ4v) is 2.32. The van der Waals surface area contributed by atoms with Crippen molar-refractivity contribution >= 4 is 11.8 Å². The van der Waals surface area contributed by atoms with Crippen molar-refractivity contribution in [3.63, 3.8) is 0 Å². The number of hydrogen-bond acceptors (Lipinski definition) is 3. The van der Waals surface area contributed by atoms with Gasteiger partial charge in [0.05, 0.1) is 6.61 Å². The lowest BCUT2D eigenvalue weighted by Crippen LogP contribution is -2.10. The summed E-state index contributed by atoms with van der Waals surface area (Å²) >= 11 is 2.01. The van der Waals surface area contributed by atoms with Gasteiger partial charge in [-0.25, -0.2) is 0 Å². The third-order valence-electron chi connectivity index (χ3n) is 1.95. The highest BCUT2D eigenvalue weighted by molar-refractivity contribution is 7.99. The molecule has 1 saturated heterocycles. The maximum absolute atomic E-state index is 4.97. The summed E-state index contributed by atoms with van der Waals surface area (Å²) in [7, 11) is 1.76. The molecule has 1 fully saturated rings. The predicted molar refractivity (Wildman–Crippen MR) is 50.2 cm³/mol. The molecule has 0 aliphatic carbocycles. The van der Waals surface area contributed by atoms with E-state index in [4.69, 9.17) is 4.74 Å². The van der Waals surface area contributed by atoms with Crippen LogP contribution in [0.4, 0.5) is 0 Å². The lowest BCUT2D eigenvalue weighted by molar-refractivity contribution is 0.218. The second kappa shape index (κ2) is 5.86. The van der Waals surface area contributed by atoms with Crippen molar-refractivity contribution in [2.45, 2.75) is 6.42 Å². The van der Waals surface area contributed by atoms with Gasteiger partial charge < -0.3 is 10.1 Å². The number of hydrogen-bond donors (Lipinski definition) is 1. The first-order valence-electron chi connectivity index (χ1n) is 4.21. The first kappa shape index (κ1) is 9.36. The van der Waals surface area contributed by atoms with Gasteiger partial charge in [0.15, 0.2) is 0 Å². The van der Waals surface area contributed by atoms with E-state index in [-0.39, 0.29) is 0 Å². The van der Waals surface area contributed by atoms with Gasteiger partial charge in [0.1, 0.15) is 0 Å². The van der Waals surface area contributed by atoms with E-state index in [1.165, 1.54) is 25.3 Å². The van der Waals surface area contributed by atoms with Crippen molar-refractivity contribution in [2.24, 2.45) is 5.92 Å². The molecule has 1 heterocycles. The van der Waals surface area contributed by atoms with Crippen LogP contribution in [-0.2, 0) is 4.74 Å². The molecule has 0 aromatic rings. The standard InChI is InChI=1S/C8H17NOS/c1-10-4-5-11-7-8-2-3-9-6-8/h8-9H,2-7H2,1H3.